The Morgan fingerprint density at radius 3 is 2.35 bits per heavy atom. The van der Waals surface area contributed by atoms with E-state index in [0.29, 0.717) is 10.9 Å². The monoisotopic (exact) mass is 435 g/mol. The van der Waals surface area contributed by atoms with Crippen LogP contribution in [0.3, 0.4) is 0 Å². The van der Waals surface area contributed by atoms with Crippen molar-refractivity contribution in [3.8, 4) is 11.8 Å². The molecule has 9 nitrogen and oxygen atoms in total. The number of nitrogens with zero attached hydrogens (tertiary/aromatic N) is 4. The van der Waals surface area contributed by atoms with Gasteiger partial charge >= 0.3 is 0 Å². The Bertz CT molecular complexity index is 1210. The second kappa shape index (κ2) is 8.91. The Labute approximate surface area is 177 Å². The topological polar surface area (TPSA) is 130 Å². The van der Waals surface area contributed by atoms with Gasteiger partial charge in [-0.1, -0.05) is 42.5 Å². The summed E-state index contributed by atoms with van der Waals surface area (Å²) in [7, 11) is -2.81. The molecule has 2 aromatic carbocycles. The van der Waals surface area contributed by atoms with Gasteiger partial charge in [-0.3, -0.25) is 9.36 Å². The van der Waals surface area contributed by atoms with Gasteiger partial charge in [0, 0.05) is 23.9 Å². The molecular weight excluding hydrogens is 417 g/mol. The number of hydrogen-bond donors (Lipinski definition) is 3. The highest BCUT2D eigenvalue weighted by molar-refractivity contribution is 7.47. The average molecular weight is 435 g/mol. The molecule has 0 fully saturated rings. The van der Waals surface area contributed by atoms with Crippen LogP contribution in [-0.2, 0) is 4.57 Å². The summed E-state index contributed by atoms with van der Waals surface area (Å²) in [5.41, 5.74) is 1.42. The Balaban J connectivity index is 1.64. The van der Waals surface area contributed by atoms with Crippen molar-refractivity contribution in [2.75, 3.05) is 0 Å². The van der Waals surface area contributed by atoms with E-state index in [4.69, 9.17) is 0 Å². The summed E-state index contributed by atoms with van der Waals surface area (Å²) in [6, 6.07) is 16.8. The first-order valence-corrected chi connectivity index (χ1v) is 10.6. The second-order valence-electron chi connectivity index (χ2n) is 6.60. The zero-order valence-corrected chi connectivity index (χ0v) is 17.1. The molecule has 31 heavy (non-hydrogen) atoms. The third kappa shape index (κ3) is 4.53. The Morgan fingerprint density at radius 1 is 1.03 bits per heavy atom. The van der Waals surface area contributed by atoms with Crippen molar-refractivity contribution in [1.29, 1.82) is 0 Å². The molecule has 2 unspecified atom stereocenters. The molecule has 0 radical (unpaired) electrons. The summed E-state index contributed by atoms with van der Waals surface area (Å²) in [6.07, 6.45) is 4.40. The maximum absolute atomic E-state index is 12.9. The maximum atomic E-state index is 12.9. The van der Waals surface area contributed by atoms with Crippen molar-refractivity contribution in [2.45, 2.75) is 6.04 Å². The van der Waals surface area contributed by atoms with E-state index >= 15 is 0 Å². The molecule has 0 saturated heterocycles. The van der Waals surface area contributed by atoms with Crippen LogP contribution in [-0.4, -0.2) is 35.7 Å². The molecule has 2 heterocycles. The molecule has 0 bridgehead atoms. The van der Waals surface area contributed by atoms with Gasteiger partial charge in [0.25, 0.3) is 11.9 Å². The Morgan fingerprint density at radius 2 is 1.74 bits per heavy atom. The zero-order chi connectivity index (χ0) is 21.8. The number of carbonyl (C=O) groups excluding carboxylic acids is 1. The minimum Gasteiger partial charge on any atom is -0.493 e. The van der Waals surface area contributed by atoms with Crippen molar-refractivity contribution in [2.24, 2.45) is 0 Å². The first-order valence-electron chi connectivity index (χ1n) is 9.28. The van der Waals surface area contributed by atoms with Crippen molar-refractivity contribution < 1.29 is 19.4 Å². The molecule has 4 aromatic rings. The lowest BCUT2D eigenvalue weighted by Crippen LogP contribution is -2.30. The van der Waals surface area contributed by atoms with E-state index in [9.17, 15) is 19.4 Å². The fourth-order valence-corrected chi connectivity index (χ4v) is 3.50. The van der Waals surface area contributed by atoms with Crippen LogP contribution < -0.4 is 10.6 Å². The van der Waals surface area contributed by atoms with Gasteiger partial charge in [0.15, 0.2) is 0 Å². The number of rotatable bonds is 6. The molecule has 4 rings (SSSR count). The summed E-state index contributed by atoms with van der Waals surface area (Å²) in [5, 5.41) is 17.5. The van der Waals surface area contributed by atoms with E-state index < -0.39 is 25.9 Å². The van der Waals surface area contributed by atoms with E-state index in [2.05, 4.69) is 20.4 Å². The maximum Gasteiger partial charge on any atom is 0.259 e. The van der Waals surface area contributed by atoms with E-state index in [1.165, 1.54) is 10.9 Å². The minimum absolute atomic E-state index is 0.0890. The highest BCUT2D eigenvalue weighted by atomic mass is 31.1. The Hall–Kier alpha value is -3.81. The largest absolute Gasteiger partial charge is 0.493 e. The molecule has 1 amide bonds. The van der Waals surface area contributed by atoms with E-state index in [1.807, 2.05) is 30.3 Å². The van der Waals surface area contributed by atoms with Crippen LogP contribution in [0.5, 0.6) is 5.88 Å². The van der Waals surface area contributed by atoms with Gasteiger partial charge < -0.3 is 15.3 Å². The highest BCUT2D eigenvalue weighted by Gasteiger charge is 2.21. The Kier molecular flexibility index (Phi) is 5.88. The third-order valence-corrected chi connectivity index (χ3v) is 5.44. The van der Waals surface area contributed by atoms with E-state index in [0.717, 1.165) is 5.56 Å². The standard InChI is InChI=1S/C21H18N5O4P/c27-19(17-13-22-21(25-20(17)28)26-12-4-11-23-26)24-18(14-5-2-1-3-6-14)15-7-9-16(10-8-15)31(29)30/h1-13,18,31H,(H,24,27)(H,29,30)(H,22,25,28). The second-order valence-corrected chi connectivity index (χ2v) is 7.79. The van der Waals surface area contributed by atoms with Crippen LogP contribution in [0.25, 0.3) is 5.95 Å². The predicted molar refractivity (Wildman–Crippen MR) is 114 cm³/mol. The number of aromatic nitrogens is 4. The first-order chi connectivity index (χ1) is 15.0. The van der Waals surface area contributed by atoms with Crippen molar-refractivity contribution >= 4 is 19.2 Å². The lowest BCUT2D eigenvalue weighted by atomic mass is 9.98. The molecular formula is C21H18N5O4P. The molecule has 0 spiro atoms. The number of benzene rings is 2. The lowest BCUT2D eigenvalue weighted by Gasteiger charge is -2.20. The van der Waals surface area contributed by atoms with Gasteiger partial charge in [0.2, 0.25) is 13.9 Å². The SMILES string of the molecule is O=C(NC(c1ccccc1)c1ccc([PH](=O)O)cc1)c1cnc(-n2cccn2)nc1O. The number of nitrogens with one attached hydrogen (secondary N) is 1. The van der Waals surface area contributed by atoms with Gasteiger partial charge in [-0.2, -0.15) is 10.1 Å². The van der Waals surface area contributed by atoms with Gasteiger partial charge in [-0.15, -0.1) is 0 Å². The van der Waals surface area contributed by atoms with Crippen LogP contribution >= 0.6 is 8.03 Å². The van der Waals surface area contributed by atoms with Crippen LogP contribution in [0.4, 0.5) is 0 Å². The smallest absolute Gasteiger partial charge is 0.259 e. The van der Waals surface area contributed by atoms with Crippen LogP contribution in [0.1, 0.15) is 27.5 Å². The number of carbonyl (C=O) groups is 1. The van der Waals surface area contributed by atoms with Gasteiger partial charge in [-0.05, 0) is 29.3 Å². The molecule has 2 atom stereocenters. The van der Waals surface area contributed by atoms with Gasteiger partial charge in [0.1, 0.15) is 5.56 Å². The molecule has 156 valence electrons. The summed E-state index contributed by atoms with van der Waals surface area (Å²) in [4.78, 5) is 30.3. The van der Waals surface area contributed by atoms with E-state index in [1.54, 1.807) is 42.7 Å². The van der Waals surface area contributed by atoms with Crippen LogP contribution in [0.2, 0.25) is 0 Å². The fourth-order valence-electron chi connectivity index (χ4n) is 3.05. The van der Waals surface area contributed by atoms with Gasteiger partial charge in [0.05, 0.1) is 6.04 Å². The van der Waals surface area contributed by atoms with Crippen molar-refractivity contribution in [3.05, 3.63) is 95.9 Å². The van der Waals surface area contributed by atoms with Crippen LogP contribution in [0, 0.1) is 0 Å². The molecule has 10 heteroatoms. The van der Waals surface area contributed by atoms with Crippen LogP contribution in [0.15, 0.2) is 79.3 Å². The van der Waals surface area contributed by atoms with E-state index in [-0.39, 0.29) is 11.5 Å². The molecule has 0 aliphatic carbocycles. The van der Waals surface area contributed by atoms with Crippen molar-refractivity contribution in [3.63, 3.8) is 0 Å². The highest BCUT2D eigenvalue weighted by Crippen LogP contribution is 2.24. The predicted octanol–water partition coefficient (Wildman–Crippen LogP) is 1.98. The molecule has 0 saturated carbocycles. The molecule has 0 aliphatic heterocycles. The summed E-state index contributed by atoms with van der Waals surface area (Å²) >= 11 is 0. The summed E-state index contributed by atoms with van der Waals surface area (Å²) < 4.78 is 12.7. The quantitative estimate of drug-likeness (QED) is 0.395. The minimum atomic E-state index is -2.81. The zero-order valence-electron chi connectivity index (χ0n) is 16.1. The number of amides is 1. The average Bonchev–Trinajstić information content (AvgIpc) is 3.33. The normalized spacial score (nSPS) is 12.8. The fraction of sp³-hybridized carbons (Fsp3) is 0.0476. The molecule has 2 aromatic heterocycles. The number of hydrogen-bond acceptors (Lipinski definition) is 6. The molecule has 3 N–H and O–H groups in total. The lowest BCUT2D eigenvalue weighted by molar-refractivity contribution is 0.0939. The van der Waals surface area contributed by atoms with Crippen molar-refractivity contribution in [1.82, 2.24) is 25.1 Å². The summed E-state index contributed by atoms with van der Waals surface area (Å²) in [6.45, 7) is 0. The number of aromatic hydroxyl groups is 1. The summed E-state index contributed by atoms with van der Waals surface area (Å²) in [5.74, 6) is -0.911. The first kappa shape index (κ1) is 20.5. The third-order valence-electron chi connectivity index (χ3n) is 4.61. The molecule has 0 aliphatic rings. The van der Waals surface area contributed by atoms with Gasteiger partial charge in [-0.25, -0.2) is 9.67 Å².